The van der Waals surface area contributed by atoms with Crippen LogP contribution in [0.2, 0.25) is 0 Å². The van der Waals surface area contributed by atoms with Crippen molar-refractivity contribution in [2.45, 2.75) is 167 Å². The van der Waals surface area contributed by atoms with Crippen molar-refractivity contribution in [3.63, 3.8) is 0 Å². The molecular weight excluding hydrogens is 350 g/mol. The molecule has 2 N–H and O–H groups in total. The van der Waals surface area contributed by atoms with E-state index in [2.05, 4.69) is 18.9 Å². The highest BCUT2D eigenvalue weighted by molar-refractivity contribution is 4.93. The minimum absolute atomic E-state index is 0.982. The molecule has 0 bridgehead atoms. The zero-order valence-electron chi connectivity index (χ0n) is 20.3. The van der Waals surface area contributed by atoms with Gasteiger partial charge in [0.05, 0.1) is 0 Å². The molecule has 0 unspecified atom stereocenters. The number of hydrogen-bond acceptors (Lipinski definition) is 1. The fraction of sp³-hybridized carbons (Fsp3) is 0.929. The van der Waals surface area contributed by atoms with Crippen LogP contribution in [0.4, 0.5) is 0 Å². The molecule has 0 fully saturated rings. The lowest BCUT2D eigenvalue weighted by atomic mass is 10.0. The Kier molecular flexibility index (Phi) is 26.8. The van der Waals surface area contributed by atoms with E-state index in [4.69, 9.17) is 5.73 Å². The Morgan fingerprint density at radius 1 is 0.379 bits per heavy atom. The first-order valence-electron chi connectivity index (χ1n) is 13.6. The number of rotatable bonds is 24. The van der Waals surface area contributed by atoms with Crippen molar-refractivity contribution in [2.75, 3.05) is 0 Å². The van der Waals surface area contributed by atoms with E-state index in [1.165, 1.54) is 154 Å². The third-order valence-corrected chi connectivity index (χ3v) is 6.26. The van der Waals surface area contributed by atoms with E-state index in [1.54, 1.807) is 0 Å². The fourth-order valence-corrected chi connectivity index (χ4v) is 4.25. The van der Waals surface area contributed by atoms with Crippen LogP contribution >= 0.6 is 0 Å². The molecule has 0 aromatic rings. The first kappa shape index (κ1) is 28.4. The standard InChI is InChI=1S/C28H55N/c1-2-3-4-5-6-7-8-9-10-11-12-13-14-15-16-17-18-19-20-21-22-23-24-25-26-27-28-29/h2-26,29H2,1H3. The van der Waals surface area contributed by atoms with E-state index in [0.29, 0.717) is 0 Å². The third-order valence-electron chi connectivity index (χ3n) is 6.26. The number of nitrogens with two attached hydrogens (primary N) is 1. The van der Waals surface area contributed by atoms with Crippen LogP contribution in [-0.4, -0.2) is 0 Å². The van der Waals surface area contributed by atoms with E-state index >= 15 is 0 Å². The monoisotopic (exact) mass is 405 g/mol. The summed E-state index contributed by atoms with van der Waals surface area (Å²) in [4.78, 5) is 0. The van der Waals surface area contributed by atoms with Crippen LogP contribution in [-0.2, 0) is 0 Å². The van der Waals surface area contributed by atoms with Crippen LogP contribution in [0.1, 0.15) is 167 Å². The lowest BCUT2D eigenvalue weighted by Gasteiger charge is -2.04. The van der Waals surface area contributed by atoms with Gasteiger partial charge in [-0.05, 0) is 6.42 Å². The summed E-state index contributed by atoms with van der Waals surface area (Å²) in [6.45, 7) is 2.30. The summed E-state index contributed by atoms with van der Waals surface area (Å²) in [7, 11) is 0. The summed E-state index contributed by atoms with van der Waals surface area (Å²) in [5.74, 6) is 2.94. The van der Waals surface area contributed by atoms with E-state index < -0.39 is 0 Å². The van der Waals surface area contributed by atoms with Gasteiger partial charge in [-0.1, -0.05) is 161 Å². The molecule has 0 saturated heterocycles. The minimum Gasteiger partial charge on any atom is -0.359 e. The van der Waals surface area contributed by atoms with Crippen LogP contribution in [0.3, 0.4) is 0 Å². The van der Waals surface area contributed by atoms with Gasteiger partial charge < -0.3 is 5.73 Å². The second kappa shape index (κ2) is 27.4. The van der Waals surface area contributed by atoms with Gasteiger partial charge in [0.15, 0.2) is 0 Å². The van der Waals surface area contributed by atoms with Crippen molar-refractivity contribution in [1.29, 1.82) is 0 Å². The van der Waals surface area contributed by atoms with Crippen molar-refractivity contribution < 1.29 is 0 Å². The molecular formula is C28H55N. The highest BCUT2D eigenvalue weighted by Crippen LogP contribution is 2.15. The Balaban J connectivity index is 2.99. The van der Waals surface area contributed by atoms with Crippen molar-refractivity contribution >= 4 is 0 Å². The lowest BCUT2D eigenvalue weighted by Crippen LogP contribution is -1.84. The van der Waals surface area contributed by atoms with E-state index in [0.717, 1.165) is 6.42 Å². The van der Waals surface area contributed by atoms with E-state index in [-0.39, 0.29) is 0 Å². The zero-order chi connectivity index (χ0) is 21.1. The second-order valence-corrected chi connectivity index (χ2v) is 9.20. The summed E-state index contributed by atoms with van der Waals surface area (Å²) >= 11 is 0. The maximum atomic E-state index is 5.17. The SMILES string of the molecule is CCCCCCCCCCCCCCCCCCCCCCCCCCC#CN. The van der Waals surface area contributed by atoms with Crippen molar-refractivity contribution in [3.8, 4) is 12.0 Å². The fourth-order valence-electron chi connectivity index (χ4n) is 4.25. The molecule has 0 aliphatic rings. The Bertz CT molecular complexity index is 338. The summed E-state index contributed by atoms with van der Waals surface area (Å²) in [5, 5.41) is 0. The third kappa shape index (κ3) is 27.4. The maximum Gasteiger partial charge on any atom is 0.0107 e. The Morgan fingerprint density at radius 2 is 0.621 bits per heavy atom. The first-order valence-corrected chi connectivity index (χ1v) is 13.6. The van der Waals surface area contributed by atoms with Crippen LogP contribution in [0.25, 0.3) is 0 Å². The molecule has 29 heavy (non-hydrogen) atoms. The highest BCUT2D eigenvalue weighted by Gasteiger charge is 1.96. The zero-order valence-corrected chi connectivity index (χ0v) is 20.3. The molecule has 172 valence electrons. The van der Waals surface area contributed by atoms with E-state index in [1.807, 2.05) is 0 Å². The Morgan fingerprint density at radius 3 is 0.862 bits per heavy atom. The van der Waals surface area contributed by atoms with Gasteiger partial charge in [-0.25, -0.2) is 0 Å². The van der Waals surface area contributed by atoms with Gasteiger partial charge in [-0.2, -0.15) is 0 Å². The molecule has 0 rings (SSSR count). The van der Waals surface area contributed by atoms with Gasteiger partial charge in [0.25, 0.3) is 0 Å². The number of hydrogen-bond donors (Lipinski definition) is 1. The Hall–Kier alpha value is -0.640. The van der Waals surface area contributed by atoms with Gasteiger partial charge in [0, 0.05) is 12.5 Å². The van der Waals surface area contributed by atoms with Gasteiger partial charge >= 0.3 is 0 Å². The van der Waals surface area contributed by atoms with Gasteiger partial charge in [-0.3, -0.25) is 0 Å². The van der Waals surface area contributed by atoms with Gasteiger partial charge in [0.2, 0.25) is 0 Å². The molecule has 0 aromatic carbocycles. The maximum absolute atomic E-state index is 5.17. The van der Waals surface area contributed by atoms with Crippen LogP contribution in [0, 0.1) is 12.0 Å². The molecule has 0 amide bonds. The summed E-state index contributed by atoms with van der Waals surface area (Å²) in [6, 6.07) is 2.48. The van der Waals surface area contributed by atoms with Crippen molar-refractivity contribution in [1.82, 2.24) is 0 Å². The second-order valence-electron chi connectivity index (χ2n) is 9.20. The van der Waals surface area contributed by atoms with Gasteiger partial charge in [-0.15, -0.1) is 0 Å². The van der Waals surface area contributed by atoms with E-state index in [9.17, 15) is 0 Å². The van der Waals surface area contributed by atoms with Crippen LogP contribution in [0.5, 0.6) is 0 Å². The molecule has 1 nitrogen and oxygen atoms in total. The normalized spacial score (nSPS) is 10.8. The largest absolute Gasteiger partial charge is 0.359 e. The molecule has 0 aromatic heterocycles. The van der Waals surface area contributed by atoms with Gasteiger partial charge in [0.1, 0.15) is 0 Å². The van der Waals surface area contributed by atoms with Crippen LogP contribution < -0.4 is 5.73 Å². The number of unbranched alkanes of at least 4 members (excludes halogenated alkanes) is 24. The average molecular weight is 406 g/mol. The summed E-state index contributed by atoms with van der Waals surface area (Å²) in [5.41, 5.74) is 5.17. The summed E-state index contributed by atoms with van der Waals surface area (Å²) < 4.78 is 0. The highest BCUT2D eigenvalue weighted by atomic mass is 14.4. The predicted octanol–water partition coefficient (Wildman–Crippen LogP) is 9.68. The Labute approximate surface area is 185 Å². The molecule has 0 spiro atoms. The molecule has 0 saturated carbocycles. The van der Waals surface area contributed by atoms with Crippen molar-refractivity contribution in [2.24, 2.45) is 5.73 Å². The molecule has 0 heterocycles. The predicted molar refractivity (Wildman–Crippen MR) is 133 cm³/mol. The first-order chi connectivity index (χ1) is 14.4. The molecule has 0 atom stereocenters. The topological polar surface area (TPSA) is 26.0 Å². The summed E-state index contributed by atoms with van der Waals surface area (Å²) in [6.07, 6.45) is 35.6. The molecule has 1 heteroatoms. The lowest BCUT2D eigenvalue weighted by molar-refractivity contribution is 0.517. The minimum atomic E-state index is 0.982. The van der Waals surface area contributed by atoms with Crippen LogP contribution in [0.15, 0.2) is 0 Å². The smallest absolute Gasteiger partial charge is 0.0107 e. The molecule has 0 aliphatic carbocycles. The quantitative estimate of drug-likeness (QED) is 0.0965. The molecule has 0 radical (unpaired) electrons. The van der Waals surface area contributed by atoms with Crippen molar-refractivity contribution in [3.05, 3.63) is 0 Å². The average Bonchev–Trinajstić information content (AvgIpc) is 2.74. The molecule has 0 aliphatic heterocycles.